The number of hydrogen-bond donors (Lipinski definition) is 0. The van der Waals surface area contributed by atoms with Crippen LogP contribution in [0.2, 0.25) is 0 Å². The Kier molecular flexibility index (Phi) is 6.68. The number of nitrogens with zero attached hydrogens (tertiary/aromatic N) is 1. The highest BCUT2D eigenvalue weighted by Crippen LogP contribution is 2.36. The minimum Gasteiger partial charge on any atom is -0.491 e. The smallest absolute Gasteiger partial charge is 0.363 e. The van der Waals surface area contributed by atoms with Crippen LogP contribution >= 0.6 is 31.9 Å². The predicted molar refractivity (Wildman–Crippen MR) is 129 cm³/mol. The van der Waals surface area contributed by atoms with E-state index in [4.69, 9.17) is 9.47 Å². The van der Waals surface area contributed by atoms with Gasteiger partial charge in [-0.1, -0.05) is 48.0 Å². The Balaban J connectivity index is 1.50. The van der Waals surface area contributed by atoms with E-state index in [1.54, 1.807) is 6.08 Å². The maximum atomic E-state index is 12.3. The minimum atomic E-state index is -0.467. The van der Waals surface area contributed by atoms with Gasteiger partial charge in [-0.15, -0.1) is 0 Å². The molecule has 0 radical (unpaired) electrons. The summed E-state index contributed by atoms with van der Waals surface area (Å²) in [5, 5.41) is 0. The first-order chi connectivity index (χ1) is 15.0. The van der Waals surface area contributed by atoms with Gasteiger partial charge in [-0.25, -0.2) is 9.79 Å². The molecule has 4 nitrogen and oxygen atoms in total. The number of aryl methyl sites for hydroxylation is 1. The second-order valence-electron chi connectivity index (χ2n) is 7.10. The van der Waals surface area contributed by atoms with E-state index < -0.39 is 5.97 Å². The van der Waals surface area contributed by atoms with Crippen molar-refractivity contribution < 1.29 is 14.3 Å². The molecule has 0 aliphatic carbocycles. The number of benzene rings is 3. The normalized spacial score (nSPS) is 14.5. The van der Waals surface area contributed by atoms with Crippen molar-refractivity contribution in [2.45, 2.75) is 13.3 Å². The SMILES string of the molecule is Cc1ccc(C2=N/C(=C\c3cc(Br)c(OCCc4ccccc4)c(Br)c3)C(=O)O2)cc1. The quantitative estimate of drug-likeness (QED) is 0.265. The van der Waals surface area contributed by atoms with Crippen molar-refractivity contribution in [1.29, 1.82) is 0 Å². The zero-order chi connectivity index (χ0) is 21.8. The Morgan fingerprint density at radius 1 is 1.00 bits per heavy atom. The summed E-state index contributed by atoms with van der Waals surface area (Å²) in [5.41, 5.74) is 4.18. The maximum absolute atomic E-state index is 12.3. The van der Waals surface area contributed by atoms with Gasteiger partial charge < -0.3 is 9.47 Å². The summed E-state index contributed by atoms with van der Waals surface area (Å²) in [7, 11) is 0. The highest BCUT2D eigenvalue weighted by Gasteiger charge is 2.24. The summed E-state index contributed by atoms with van der Waals surface area (Å²) in [5.74, 6) is 0.567. The molecule has 0 spiro atoms. The molecule has 0 aromatic heterocycles. The van der Waals surface area contributed by atoms with Gasteiger partial charge in [0.05, 0.1) is 15.6 Å². The number of carbonyl (C=O) groups excluding carboxylic acids is 1. The molecular formula is C25H19Br2NO3. The molecule has 6 heteroatoms. The summed E-state index contributed by atoms with van der Waals surface area (Å²) in [6.45, 7) is 2.56. The van der Waals surface area contributed by atoms with Crippen LogP contribution in [-0.4, -0.2) is 18.5 Å². The molecule has 0 bridgehead atoms. The standard InChI is InChI=1S/C25H19Br2NO3/c1-16-7-9-19(10-8-16)24-28-22(25(29)31-24)15-18-13-20(26)23(21(27)14-18)30-12-11-17-5-3-2-4-6-17/h2-10,13-15H,11-12H2,1H3/b22-15-. The molecule has 0 fully saturated rings. The van der Waals surface area contributed by atoms with Crippen LogP contribution in [0.5, 0.6) is 5.75 Å². The summed E-state index contributed by atoms with van der Waals surface area (Å²) < 4.78 is 12.9. The molecule has 0 atom stereocenters. The molecule has 3 aromatic rings. The maximum Gasteiger partial charge on any atom is 0.363 e. The Hall–Kier alpha value is -2.70. The summed E-state index contributed by atoms with van der Waals surface area (Å²) in [4.78, 5) is 16.7. The van der Waals surface area contributed by atoms with Crippen LogP contribution in [0, 0.1) is 6.92 Å². The lowest BCUT2D eigenvalue weighted by Crippen LogP contribution is -2.05. The highest BCUT2D eigenvalue weighted by atomic mass is 79.9. The van der Waals surface area contributed by atoms with Gasteiger partial charge in [0.25, 0.3) is 0 Å². The minimum absolute atomic E-state index is 0.257. The molecule has 0 amide bonds. The van der Waals surface area contributed by atoms with Crippen LogP contribution in [0.25, 0.3) is 6.08 Å². The van der Waals surface area contributed by atoms with Gasteiger partial charge in [0.1, 0.15) is 5.75 Å². The lowest BCUT2D eigenvalue weighted by Gasteiger charge is -2.11. The lowest BCUT2D eigenvalue weighted by atomic mass is 10.1. The van der Waals surface area contributed by atoms with Crippen molar-refractivity contribution in [2.24, 2.45) is 4.99 Å². The third kappa shape index (κ3) is 5.32. The van der Waals surface area contributed by atoms with Gasteiger partial charge in [0, 0.05) is 12.0 Å². The zero-order valence-corrected chi connectivity index (χ0v) is 19.9. The zero-order valence-electron chi connectivity index (χ0n) is 16.8. The number of hydrogen-bond acceptors (Lipinski definition) is 4. The predicted octanol–water partition coefficient (Wildman–Crippen LogP) is 6.49. The average Bonchev–Trinajstić information content (AvgIpc) is 3.11. The third-order valence-electron chi connectivity index (χ3n) is 4.72. The van der Waals surface area contributed by atoms with Gasteiger partial charge in [0.15, 0.2) is 5.70 Å². The second-order valence-corrected chi connectivity index (χ2v) is 8.81. The molecule has 0 saturated carbocycles. The van der Waals surface area contributed by atoms with E-state index in [0.717, 1.165) is 37.8 Å². The third-order valence-corrected chi connectivity index (χ3v) is 5.90. The fourth-order valence-corrected chi connectivity index (χ4v) is 4.55. The number of cyclic esters (lactones) is 1. The van der Waals surface area contributed by atoms with Crippen molar-refractivity contribution in [2.75, 3.05) is 6.61 Å². The van der Waals surface area contributed by atoms with Crippen LogP contribution in [0.4, 0.5) is 0 Å². The van der Waals surface area contributed by atoms with E-state index in [0.29, 0.717) is 12.5 Å². The molecule has 156 valence electrons. The fraction of sp³-hybridized carbons (Fsp3) is 0.120. The van der Waals surface area contributed by atoms with Crippen LogP contribution in [0.3, 0.4) is 0 Å². The molecular weight excluding hydrogens is 522 g/mol. The number of rotatable bonds is 6. The topological polar surface area (TPSA) is 47.9 Å². The number of esters is 1. The van der Waals surface area contributed by atoms with Crippen LogP contribution < -0.4 is 4.74 Å². The molecule has 31 heavy (non-hydrogen) atoms. The Morgan fingerprint density at radius 3 is 2.35 bits per heavy atom. The molecule has 0 saturated heterocycles. The lowest BCUT2D eigenvalue weighted by molar-refractivity contribution is -0.129. The van der Waals surface area contributed by atoms with Gasteiger partial charge in [-0.3, -0.25) is 0 Å². The highest BCUT2D eigenvalue weighted by molar-refractivity contribution is 9.11. The Labute approximate surface area is 197 Å². The van der Waals surface area contributed by atoms with Gasteiger partial charge in [-0.05, 0) is 80.3 Å². The summed E-state index contributed by atoms with van der Waals surface area (Å²) >= 11 is 7.14. The molecule has 1 aliphatic heterocycles. The van der Waals surface area contributed by atoms with Gasteiger partial charge in [0.2, 0.25) is 5.90 Å². The van der Waals surface area contributed by atoms with Crippen LogP contribution in [0.15, 0.2) is 86.4 Å². The van der Waals surface area contributed by atoms with E-state index >= 15 is 0 Å². The van der Waals surface area contributed by atoms with Crippen LogP contribution in [0.1, 0.15) is 22.3 Å². The van der Waals surface area contributed by atoms with Crippen LogP contribution in [-0.2, 0) is 16.0 Å². The first kappa shape index (κ1) is 21.5. The van der Waals surface area contributed by atoms with Gasteiger partial charge >= 0.3 is 5.97 Å². The van der Waals surface area contributed by atoms with Crippen molar-refractivity contribution in [1.82, 2.24) is 0 Å². The van der Waals surface area contributed by atoms with E-state index in [-0.39, 0.29) is 5.70 Å². The van der Waals surface area contributed by atoms with E-state index in [2.05, 4.69) is 49.0 Å². The number of carbonyl (C=O) groups is 1. The van der Waals surface area contributed by atoms with Gasteiger partial charge in [-0.2, -0.15) is 0 Å². The van der Waals surface area contributed by atoms with E-state index in [1.807, 2.05) is 61.5 Å². The molecule has 0 unspecified atom stereocenters. The first-order valence-electron chi connectivity index (χ1n) is 9.75. The number of ether oxygens (including phenoxy) is 2. The second kappa shape index (κ2) is 9.62. The molecule has 1 heterocycles. The number of halogens is 2. The summed E-state index contributed by atoms with van der Waals surface area (Å²) in [6, 6.07) is 21.7. The molecule has 0 N–H and O–H groups in total. The van der Waals surface area contributed by atoms with E-state index in [1.165, 1.54) is 5.56 Å². The molecule has 3 aromatic carbocycles. The Morgan fingerprint density at radius 2 is 1.68 bits per heavy atom. The summed E-state index contributed by atoms with van der Waals surface area (Å²) in [6.07, 6.45) is 2.51. The molecule has 1 aliphatic rings. The molecule has 4 rings (SSSR count). The largest absolute Gasteiger partial charge is 0.491 e. The fourth-order valence-electron chi connectivity index (χ4n) is 3.10. The van der Waals surface area contributed by atoms with E-state index in [9.17, 15) is 4.79 Å². The number of aliphatic imine (C=N–C) groups is 1. The first-order valence-corrected chi connectivity index (χ1v) is 11.3. The van der Waals surface area contributed by atoms with Crippen molar-refractivity contribution in [3.05, 3.63) is 104 Å². The monoisotopic (exact) mass is 539 g/mol. The van der Waals surface area contributed by atoms with Crippen molar-refractivity contribution >= 4 is 49.8 Å². The van der Waals surface area contributed by atoms with Crippen molar-refractivity contribution in [3.63, 3.8) is 0 Å². The Bertz CT molecular complexity index is 1150. The average molecular weight is 541 g/mol. The van der Waals surface area contributed by atoms with Crippen molar-refractivity contribution in [3.8, 4) is 5.75 Å².